The fourth-order valence-corrected chi connectivity index (χ4v) is 13.2. The summed E-state index contributed by atoms with van der Waals surface area (Å²) in [7, 11) is 0. The average Bonchev–Trinajstić information content (AvgIpc) is 3.58. The normalized spacial score (nSPS) is 59.0. The maximum Gasteiger partial charge on any atom is 0.187 e. The minimum absolute atomic E-state index is 0.188. The van der Waals surface area contributed by atoms with Crippen LogP contribution >= 0.6 is 0 Å². The second kappa shape index (κ2) is 14.1. The quantitative estimate of drug-likeness (QED) is 0.194. The van der Waals surface area contributed by atoms with E-state index in [1.54, 1.807) is 0 Å². The third kappa shape index (κ3) is 5.98. The van der Waals surface area contributed by atoms with E-state index in [2.05, 4.69) is 27.7 Å². The average molecular weight is 741 g/mol. The standard InChI is InChI=1S/C39H64O13/c1-18-7-12-39(47-17-18)19(2)28-25(52-39)14-24-22-6-5-20-13-21(8-10-37(20,3)23(22)9-11-38(24,28)4)48-35-33(46)31(44)34(27(16-41)50-35)51-36-32(45)30(43)29(42)26(15-40)49-36/h18-36,40-46H,5-17H2,1-4H3/t18-,19+,20+,21-,22-,23-,24-,25+,26-,27-,28+,29-,30+,31-,32-,33-,34+,35-,36+,37+,38+,39-/m1/s1. The summed E-state index contributed by atoms with van der Waals surface area (Å²) in [6.45, 7) is 9.33. The van der Waals surface area contributed by atoms with Gasteiger partial charge in [0.25, 0.3) is 0 Å². The van der Waals surface area contributed by atoms with Crippen molar-refractivity contribution >= 4 is 0 Å². The van der Waals surface area contributed by atoms with Gasteiger partial charge in [0.1, 0.15) is 48.8 Å². The van der Waals surface area contributed by atoms with E-state index in [9.17, 15) is 35.7 Å². The largest absolute Gasteiger partial charge is 0.394 e. The molecule has 4 aliphatic carbocycles. The van der Waals surface area contributed by atoms with E-state index in [0.29, 0.717) is 41.4 Å². The van der Waals surface area contributed by atoms with E-state index in [1.165, 1.54) is 25.7 Å². The Morgan fingerprint density at radius 1 is 0.673 bits per heavy atom. The molecular weight excluding hydrogens is 676 g/mol. The van der Waals surface area contributed by atoms with Crippen LogP contribution in [0.3, 0.4) is 0 Å². The zero-order valence-corrected chi connectivity index (χ0v) is 31.2. The molecule has 7 N–H and O–H groups in total. The van der Waals surface area contributed by atoms with Crippen molar-refractivity contribution in [2.45, 2.75) is 171 Å². The van der Waals surface area contributed by atoms with Crippen molar-refractivity contribution in [2.75, 3.05) is 19.8 Å². The van der Waals surface area contributed by atoms with Gasteiger partial charge in [-0.1, -0.05) is 27.7 Å². The summed E-state index contributed by atoms with van der Waals surface area (Å²) in [6, 6.07) is 0. The highest BCUT2D eigenvalue weighted by molar-refractivity contribution is 5.15. The highest BCUT2D eigenvalue weighted by Crippen LogP contribution is 2.71. The Morgan fingerprint density at radius 2 is 1.37 bits per heavy atom. The Bertz CT molecular complexity index is 1260. The van der Waals surface area contributed by atoms with E-state index < -0.39 is 80.4 Å². The fraction of sp³-hybridized carbons (Fsp3) is 1.00. The van der Waals surface area contributed by atoms with E-state index in [-0.39, 0.29) is 23.0 Å². The molecular formula is C39H64O13. The van der Waals surface area contributed by atoms with Gasteiger partial charge in [-0.2, -0.15) is 0 Å². The summed E-state index contributed by atoms with van der Waals surface area (Å²) < 4.78 is 37.0. The molecule has 0 aromatic carbocycles. The molecule has 0 radical (unpaired) electrons. The highest BCUT2D eigenvalue weighted by atomic mass is 16.7. The fourth-order valence-electron chi connectivity index (χ4n) is 13.2. The van der Waals surface area contributed by atoms with Crippen LogP contribution in [0, 0.1) is 52.3 Å². The van der Waals surface area contributed by atoms with Crippen LogP contribution in [-0.2, 0) is 28.4 Å². The molecule has 8 rings (SSSR count). The van der Waals surface area contributed by atoms with Crippen molar-refractivity contribution < 1.29 is 64.2 Å². The van der Waals surface area contributed by atoms with Crippen LogP contribution in [0.4, 0.5) is 0 Å². The molecule has 13 heteroatoms. The number of hydrogen-bond donors (Lipinski definition) is 7. The molecule has 298 valence electrons. The van der Waals surface area contributed by atoms with Crippen LogP contribution < -0.4 is 0 Å². The van der Waals surface area contributed by atoms with Crippen LogP contribution in [0.1, 0.15) is 91.9 Å². The smallest absolute Gasteiger partial charge is 0.187 e. The predicted molar refractivity (Wildman–Crippen MR) is 183 cm³/mol. The topological polar surface area (TPSA) is 197 Å². The predicted octanol–water partition coefficient (Wildman–Crippen LogP) is 1.44. The Kier molecular flexibility index (Phi) is 10.4. The van der Waals surface area contributed by atoms with Crippen molar-refractivity contribution in [3.05, 3.63) is 0 Å². The van der Waals surface area contributed by atoms with E-state index in [0.717, 1.165) is 45.1 Å². The van der Waals surface area contributed by atoms with Crippen molar-refractivity contribution in [3.63, 3.8) is 0 Å². The number of ether oxygens (including phenoxy) is 6. The molecule has 8 aliphatic rings. The second-order valence-corrected chi connectivity index (χ2v) is 18.7. The number of fused-ring (bicyclic) bond motifs is 7. The minimum atomic E-state index is -1.71. The number of aliphatic hydroxyl groups excluding tert-OH is 7. The lowest BCUT2D eigenvalue weighted by Crippen LogP contribution is -2.65. The summed E-state index contributed by atoms with van der Waals surface area (Å²) in [6.07, 6.45) is -3.66. The van der Waals surface area contributed by atoms with Crippen LogP contribution in [-0.4, -0.2) is 135 Å². The van der Waals surface area contributed by atoms with Gasteiger partial charge in [-0.15, -0.1) is 0 Å². The van der Waals surface area contributed by atoms with Gasteiger partial charge in [0, 0.05) is 12.3 Å². The molecule has 13 nitrogen and oxygen atoms in total. The van der Waals surface area contributed by atoms with Gasteiger partial charge >= 0.3 is 0 Å². The molecule has 4 saturated heterocycles. The van der Waals surface area contributed by atoms with Crippen molar-refractivity contribution in [1.29, 1.82) is 0 Å². The molecule has 4 heterocycles. The van der Waals surface area contributed by atoms with Gasteiger partial charge in [-0.05, 0) is 104 Å². The van der Waals surface area contributed by atoms with Gasteiger partial charge in [-0.3, -0.25) is 0 Å². The van der Waals surface area contributed by atoms with Crippen LogP contribution in [0.5, 0.6) is 0 Å². The SMILES string of the molecule is C[C@@H]1CC[C@@]2(OC1)O[C@H]1C[C@@H]3[C@@H]4CC[C@H]5C[C@H](O[C@@H]6O[C@H](CO)[C@H](O[C@@H]7O[C@H](CO)[C@@H](O)[C@H](O)[C@H]7O)[C@H](O)[C@H]6O)CC[C@]5(C)[C@@H]4CC[C@]3(C)[C@H]1[C@@H]2C. The molecule has 52 heavy (non-hydrogen) atoms. The first-order chi connectivity index (χ1) is 24.7. The molecule has 4 saturated carbocycles. The lowest BCUT2D eigenvalue weighted by Gasteiger charge is -2.61. The van der Waals surface area contributed by atoms with Gasteiger partial charge in [0.2, 0.25) is 0 Å². The molecule has 4 aliphatic heterocycles. The van der Waals surface area contributed by atoms with Gasteiger partial charge in [-0.25, -0.2) is 0 Å². The van der Waals surface area contributed by atoms with Gasteiger partial charge < -0.3 is 64.2 Å². The first-order valence-electron chi connectivity index (χ1n) is 20.3. The molecule has 8 fully saturated rings. The van der Waals surface area contributed by atoms with Crippen molar-refractivity contribution in [1.82, 2.24) is 0 Å². The van der Waals surface area contributed by atoms with E-state index in [1.807, 2.05) is 0 Å². The number of aliphatic hydroxyl groups is 7. The summed E-state index contributed by atoms with van der Waals surface area (Å²) in [5.41, 5.74) is 0.468. The lowest BCUT2D eigenvalue weighted by molar-refractivity contribution is -0.364. The number of rotatable bonds is 6. The lowest BCUT2D eigenvalue weighted by atomic mass is 9.44. The Balaban J connectivity index is 0.892. The zero-order valence-electron chi connectivity index (χ0n) is 31.2. The monoisotopic (exact) mass is 740 g/mol. The molecule has 0 aromatic heterocycles. The summed E-state index contributed by atoms with van der Waals surface area (Å²) in [4.78, 5) is 0. The maximum absolute atomic E-state index is 11.2. The molecule has 22 atom stereocenters. The first kappa shape index (κ1) is 38.4. The third-order valence-electron chi connectivity index (χ3n) is 16.2. The third-order valence-corrected chi connectivity index (χ3v) is 16.2. The van der Waals surface area contributed by atoms with E-state index >= 15 is 0 Å². The first-order valence-corrected chi connectivity index (χ1v) is 20.3. The van der Waals surface area contributed by atoms with Gasteiger partial charge in [0.15, 0.2) is 18.4 Å². The summed E-state index contributed by atoms with van der Waals surface area (Å²) in [5.74, 6) is 3.63. The minimum Gasteiger partial charge on any atom is -0.394 e. The highest BCUT2D eigenvalue weighted by Gasteiger charge is 2.69. The Morgan fingerprint density at radius 3 is 2.08 bits per heavy atom. The molecule has 0 amide bonds. The van der Waals surface area contributed by atoms with Crippen molar-refractivity contribution in [3.8, 4) is 0 Å². The van der Waals surface area contributed by atoms with Crippen LogP contribution in [0.15, 0.2) is 0 Å². The maximum atomic E-state index is 11.2. The number of hydrogen-bond acceptors (Lipinski definition) is 13. The summed E-state index contributed by atoms with van der Waals surface area (Å²) in [5, 5.41) is 72.8. The molecule has 0 unspecified atom stereocenters. The Hall–Kier alpha value is -0.520. The zero-order chi connectivity index (χ0) is 36.9. The molecule has 0 bridgehead atoms. The van der Waals surface area contributed by atoms with E-state index in [4.69, 9.17) is 28.4 Å². The second-order valence-electron chi connectivity index (χ2n) is 18.7. The van der Waals surface area contributed by atoms with Crippen molar-refractivity contribution in [2.24, 2.45) is 52.3 Å². The summed E-state index contributed by atoms with van der Waals surface area (Å²) >= 11 is 0. The molecule has 0 aromatic rings. The molecule has 1 spiro atoms. The Labute approximate surface area is 307 Å². The van der Waals surface area contributed by atoms with Crippen LogP contribution in [0.25, 0.3) is 0 Å². The van der Waals surface area contributed by atoms with Crippen LogP contribution in [0.2, 0.25) is 0 Å². The van der Waals surface area contributed by atoms with Gasteiger partial charge in [0.05, 0.1) is 32.0 Å².